The van der Waals surface area contributed by atoms with Gasteiger partial charge in [0.15, 0.2) is 0 Å². The summed E-state index contributed by atoms with van der Waals surface area (Å²) in [5.74, 6) is -2.20. The van der Waals surface area contributed by atoms with Crippen LogP contribution in [0.2, 0.25) is 0 Å². The third kappa shape index (κ3) is 30.0. The second-order valence-corrected chi connectivity index (χ2v) is 14.1. The van der Waals surface area contributed by atoms with Crippen molar-refractivity contribution in [2.24, 2.45) is 11.8 Å². The molecule has 268 valence electrons. The van der Waals surface area contributed by atoms with Crippen LogP contribution in [0.15, 0.2) is 0 Å². The van der Waals surface area contributed by atoms with E-state index in [-0.39, 0.29) is 24.0 Å². The molecule has 4 atom stereocenters. The number of rotatable bonds is 36. The molecule has 4 unspecified atom stereocenters. The molecule has 0 aromatic heterocycles. The van der Waals surface area contributed by atoms with Gasteiger partial charge in [-0.2, -0.15) is 0 Å². The van der Waals surface area contributed by atoms with Crippen LogP contribution >= 0.6 is 0 Å². The average Bonchev–Trinajstić information content (AvgIpc) is 3.01. The topological polar surface area (TPSA) is 115 Å². The number of carboxylic acids is 2. The van der Waals surface area contributed by atoms with E-state index in [4.69, 9.17) is 0 Å². The van der Waals surface area contributed by atoms with Gasteiger partial charge in [0.05, 0.1) is 24.0 Å². The Morgan fingerprint density at radius 2 is 0.578 bits per heavy atom. The second kappa shape index (κ2) is 32.8. The molecule has 0 rings (SSSR count). The third-order valence-electron chi connectivity index (χ3n) is 9.77. The molecule has 0 aromatic carbocycles. The van der Waals surface area contributed by atoms with Crippen molar-refractivity contribution in [2.75, 3.05) is 0 Å². The quantitative estimate of drug-likeness (QED) is 0.0506. The molecule has 0 bridgehead atoms. The highest BCUT2D eigenvalue weighted by Gasteiger charge is 2.20. The molecule has 0 heterocycles. The Hall–Kier alpha value is -1.14. The van der Waals surface area contributed by atoms with Gasteiger partial charge in [-0.25, -0.2) is 0 Å². The molecule has 6 heteroatoms. The van der Waals surface area contributed by atoms with Crippen molar-refractivity contribution < 1.29 is 30.0 Å². The van der Waals surface area contributed by atoms with Crippen molar-refractivity contribution >= 4 is 11.9 Å². The molecule has 4 N–H and O–H groups in total. The van der Waals surface area contributed by atoms with Crippen LogP contribution in [0.1, 0.15) is 213 Å². The minimum atomic E-state index is -0.739. The van der Waals surface area contributed by atoms with Gasteiger partial charge in [0, 0.05) is 0 Å². The van der Waals surface area contributed by atoms with E-state index in [1.807, 2.05) is 0 Å². The number of aliphatic hydroxyl groups is 2. The van der Waals surface area contributed by atoms with Crippen LogP contribution in [0.4, 0.5) is 0 Å². The molecule has 0 aliphatic heterocycles. The zero-order valence-electron chi connectivity index (χ0n) is 29.8. The number of carbonyl (C=O) groups is 2. The summed E-state index contributed by atoms with van der Waals surface area (Å²) in [7, 11) is 0. The zero-order valence-corrected chi connectivity index (χ0v) is 29.8. The van der Waals surface area contributed by atoms with Crippen LogP contribution < -0.4 is 0 Å². The van der Waals surface area contributed by atoms with Crippen LogP contribution in [0.3, 0.4) is 0 Å². The largest absolute Gasteiger partial charge is 0.481 e. The first-order chi connectivity index (χ1) is 21.8. The van der Waals surface area contributed by atoms with Gasteiger partial charge >= 0.3 is 11.9 Å². The van der Waals surface area contributed by atoms with Crippen LogP contribution in [-0.2, 0) is 9.59 Å². The molecule has 0 radical (unpaired) electrons. The minimum Gasteiger partial charge on any atom is -0.481 e. The molecule has 6 nitrogen and oxygen atoms in total. The summed E-state index contributed by atoms with van der Waals surface area (Å²) in [4.78, 5) is 23.6. The van der Waals surface area contributed by atoms with Gasteiger partial charge in [0.25, 0.3) is 0 Å². The lowest BCUT2D eigenvalue weighted by Gasteiger charge is -2.15. The number of aliphatic hydroxyl groups excluding tert-OH is 2. The van der Waals surface area contributed by atoms with Crippen molar-refractivity contribution in [1.82, 2.24) is 0 Å². The van der Waals surface area contributed by atoms with Gasteiger partial charge in [0.2, 0.25) is 0 Å². The standard InChI is InChI=1S/C39H76O6/c1-3-5-7-21-30-36(40)32-23-17-13-9-11-15-19-26-34(38(42)43)28-25-29-35(39(44)45)27-20-16-12-10-14-18-24-33-37(41)31-22-8-6-4-2/h34-37,40-41H,3-33H2,1-2H3,(H,42,43)(H,44,45). The molecule has 45 heavy (non-hydrogen) atoms. The highest BCUT2D eigenvalue weighted by atomic mass is 16.4. The predicted octanol–water partition coefficient (Wildman–Crippen LogP) is 11.2. The van der Waals surface area contributed by atoms with Crippen molar-refractivity contribution in [3.8, 4) is 0 Å². The Labute approximate surface area is 278 Å². The van der Waals surface area contributed by atoms with Gasteiger partial charge in [0.1, 0.15) is 0 Å². The number of hydrogen-bond acceptors (Lipinski definition) is 4. The normalized spacial score (nSPS) is 14.3. The molecule has 0 saturated heterocycles. The second-order valence-electron chi connectivity index (χ2n) is 14.1. The molecule has 0 aliphatic carbocycles. The lowest BCUT2D eigenvalue weighted by atomic mass is 9.90. The molecule has 0 amide bonds. The summed E-state index contributed by atoms with van der Waals surface area (Å²) in [6, 6.07) is 0. The van der Waals surface area contributed by atoms with E-state index in [1.54, 1.807) is 0 Å². The monoisotopic (exact) mass is 641 g/mol. The number of carboxylic acid groups (broad SMARTS) is 2. The highest BCUT2D eigenvalue weighted by Crippen LogP contribution is 2.23. The fourth-order valence-corrected chi connectivity index (χ4v) is 6.60. The first-order valence-electron chi connectivity index (χ1n) is 19.6. The van der Waals surface area contributed by atoms with E-state index in [9.17, 15) is 30.0 Å². The number of unbranched alkanes of at least 4 members (excludes halogenated alkanes) is 18. The van der Waals surface area contributed by atoms with Crippen LogP contribution in [-0.4, -0.2) is 44.6 Å². The fraction of sp³-hybridized carbons (Fsp3) is 0.949. The molecular formula is C39H76O6. The maximum absolute atomic E-state index is 11.8. The number of hydrogen-bond donors (Lipinski definition) is 4. The van der Waals surface area contributed by atoms with Crippen LogP contribution in [0, 0.1) is 11.8 Å². The van der Waals surface area contributed by atoms with E-state index >= 15 is 0 Å². The molecule has 0 saturated carbocycles. The van der Waals surface area contributed by atoms with Gasteiger partial charge in [-0.1, -0.05) is 162 Å². The third-order valence-corrected chi connectivity index (χ3v) is 9.77. The molecule has 0 spiro atoms. The van der Waals surface area contributed by atoms with Gasteiger partial charge in [-0.15, -0.1) is 0 Å². The van der Waals surface area contributed by atoms with Gasteiger partial charge in [-0.05, 0) is 51.4 Å². The maximum atomic E-state index is 11.8. The summed E-state index contributed by atoms with van der Waals surface area (Å²) in [6.07, 6.45) is 31.9. The molecular weight excluding hydrogens is 564 g/mol. The van der Waals surface area contributed by atoms with E-state index < -0.39 is 11.9 Å². The summed E-state index contributed by atoms with van der Waals surface area (Å²) in [5, 5.41) is 39.5. The Morgan fingerprint density at radius 3 is 0.844 bits per heavy atom. The molecule has 0 fully saturated rings. The summed E-state index contributed by atoms with van der Waals surface area (Å²) < 4.78 is 0. The van der Waals surface area contributed by atoms with Crippen molar-refractivity contribution in [3.63, 3.8) is 0 Å². The summed E-state index contributed by atoms with van der Waals surface area (Å²) in [6.45, 7) is 4.41. The SMILES string of the molecule is CCCCCCC(O)CCCCCCCCCC(CCCC(CCCCCCCCCC(O)CCCCCC)C(=O)O)C(=O)O. The van der Waals surface area contributed by atoms with Gasteiger partial charge < -0.3 is 20.4 Å². The Morgan fingerprint density at radius 1 is 0.356 bits per heavy atom. The first kappa shape index (κ1) is 43.9. The maximum Gasteiger partial charge on any atom is 0.306 e. The smallest absolute Gasteiger partial charge is 0.306 e. The van der Waals surface area contributed by atoms with Crippen molar-refractivity contribution in [3.05, 3.63) is 0 Å². The highest BCUT2D eigenvalue weighted by molar-refractivity contribution is 5.70. The first-order valence-corrected chi connectivity index (χ1v) is 19.6. The van der Waals surface area contributed by atoms with Gasteiger partial charge in [-0.3, -0.25) is 9.59 Å². The van der Waals surface area contributed by atoms with E-state index in [2.05, 4.69) is 13.8 Å². The number of aliphatic carboxylic acids is 2. The molecule has 0 aliphatic rings. The zero-order chi connectivity index (χ0) is 33.4. The van der Waals surface area contributed by atoms with Crippen LogP contribution in [0.5, 0.6) is 0 Å². The predicted molar refractivity (Wildman–Crippen MR) is 189 cm³/mol. The fourth-order valence-electron chi connectivity index (χ4n) is 6.60. The van der Waals surface area contributed by atoms with E-state index in [1.165, 1.54) is 77.0 Å². The van der Waals surface area contributed by atoms with E-state index in [0.29, 0.717) is 32.1 Å². The van der Waals surface area contributed by atoms with Crippen LogP contribution in [0.25, 0.3) is 0 Å². The Balaban J connectivity index is 3.83. The Kier molecular flexibility index (Phi) is 32.0. The summed E-state index contributed by atoms with van der Waals surface area (Å²) in [5.41, 5.74) is 0. The van der Waals surface area contributed by atoms with Crippen molar-refractivity contribution in [1.29, 1.82) is 0 Å². The van der Waals surface area contributed by atoms with Crippen molar-refractivity contribution in [2.45, 2.75) is 225 Å². The minimum absolute atomic E-state index is 0.137. The Bertz CT molecular complexity index is 599. The lowest BCUT2D eigenvalue weighted by Crippen LogP contribution is -2.17. The average molecular weight is 641 g/mol. The molecule has 0 aromatic rings. The summed E-state index contributed by atoms with van der Waals surface area (Å²) >= 11 is 0. The van der Waals surface area contributed by atoms with E-state index in [0.717, 1.165) is 89.9 Å². The lowest BCUT2D eigenvalue weighted by molar-refractivity contribution is -0.142.